The summed E-state index contributed by atoms with van der Waals surface area (Å²) >= 11 is 0. The number of aryl methyl sites for hydroxylation is 1. The van der Waals surface area contributed by atoms with E-state index in [2.05, 4.69) is 4.90 Å². The number of ether oxygens (including phenoxy) is 1. The van der Waals surface area contributed by atoms with Crippen molar-refractivity contribution in [3.05, 3.63) is 46.2 Å². The molecule has 1 aromatic heterocycles. The Morgan fingerprint density at radius 3 is 2.50 bits per heavy atom. The van der Waals surface area contributed by atoms with Crippen molar-refractivity contribution in [2.24, 2.45) is 13.0 Å². The predicted molar refractivity (Wildman–Crippen MR) is 141 cm³/mol. The first-order valence-corrected chi connectivity index (χ1v) is 13.8. The third-order valence-corrected chi connectivity index (χ3v) is 8.88. The van der Waals surface area contributed by atoms with Crippen molar-refractivity contribution >= 4 is 16.8 Å². The van der Waals surface area contributed by atoms with Gasteiger partial charge in [-0.05, 0) is 56.0 Å². The smallest absolute Gasteiger partial charge is 0.255 e. The molecule has 0 bridgehead atoms. The van der Waals surface area contributed by atoms with Gasteiger partial charge in [0.25, 0.3) is 5.56 Å². The molecule has 3 fully saturated rings. The summed E-state index contributed by atoms with van der Waals surface area (Å²) < 4.78 is 7.38. The van der Waals surface area contributed by atoms with Gasteiger partial charge >= 0.3 is 0 Å². The zero-order chi connectivity index (χ0) is 25.1. The average Bonchev–Trinajstić information content (AvgIpc) is 2.92. The summed E-state index contributed by atoms with van der Waals surface area (Å²) in [6.45, 7) is 4.26. The summed E-state index contributed by atoms with van der Waals surface area (Å²) in [5.41, 5.74) is 1.49. The van der Waals surface area contributed by atoms with Crippen LogP contribution in [0.4, 0.5) is 0 Å². The molecule has 7 heteroatoms. The largest absolute Gasteiger partial charge is 0.393 e. The molecule has 2 aromatic rings. The number of carbonyl (C=O) groups is 1. The molecule has 2 aliphatic carbocycles. The van der Waals surface area contributed by atoms with Crippen molar-refractivity contribution in [1.82, 2.24) is 14.4 Å². The maximum absolute atomic E-state index is 14.1. The van der Waals surface area contributed by atoms with Gasteiger partial charge in [-0.25, -0.2) is 0 Å². The number of amides is 1. The molecule has 36 heavy (non-hydrogen) atoms. The van der Waals surface area contributed by atoms with Gasteiger partial charge in [0.2, 0.25) is 5.91 Å². The number of carbonyl (C=O) groups excluding carboxylic acids is 1. The van der Waals surface area contributed by atoms with E-state index in [0.29, 0.717) is 31.5 Å². The minimum atomic E-state index is -0.298. The Bertz CT molecular complexity index is 1110. The van der Waals surface area contributed by atoms with E-state index in [4.69, 9.17) is 4.74 Å². The normalized spacial score (nSPS) is 25.1. The Kier molecular flexibility index (Phi) is 7.79. The zero-order valence-electron chi connectivity index (χ0n) is 21.7. The molecule has 3 aliphatic rings. The number of fused-ring (bicyclic) bond motifs is 1. The number of rotatable bonds is 6. The van der Waals surface area contributed by atoms with Crippen molar-refractivity contribution in [2.45, 2.75) is 76.0 Å². The van der Waals surface area contributed by atoms with Crippen molar-refractivity contribution < 1.29 is 14.6 Å². The molecular formula is C29H41N3O4. The summed E-state index contributed by atoms with van der Waals surface area (Å²) in [4.78, 5) is 32.0. The number of morpholine rings is 1. The number of hydrogen-bond acceptors (Lipinski definition) is 5. The van der Waals surface area contributed by atoms with Crippen LogP contribution in [0.15, 0.2) is 35.1 Å². The number of para-hydroxylation sites is 1. The highest BCUT2D eigenvalue weighted by atomic mass is 16.5. The van der Waals surface area contributed by atoms with Crippen LogP contribution >= 0.6 is 0 Å². The molecule has 0 atom stereocenters. The fourth-order valence-electron chi connectivity index (χ4n) is 6.78. The minimum Gasteiger partial charge on any atom is -0.393 e. The van der Waals surface area contributed by atoms with Gasteiger partial charge in [-0.15, -0.1) is 0 Å². The van der Waals surface area contributed by atoms with Gasteiger partial charge in [0.1, 0.15) is 0 Å². The molecule has 5 rings (SSSR count). The lowest BCUT2D eigenvalue weighted by molar-refractivity contribution is -0.142. The molecule has 1 amide bonds. The summed E-state index contributed by atoms with van der Waals surface area (Å²) in [5, 5.41) is 11.1. The molecular weight excluding hydrogens is 454 g/mol. The first kappa shape index (κ1) is 25.4. The number of nitrogens with zero attached hydrogens (tertiary/aromatic N) is 3. The average molecular weight is 496 g/mol. The van der Waals surface area contributed by atoms with Crippen LogP contribution in [0, 0.1) is 5.92 Å². The SMILES string of the molecule is Cn1c(=O)c(CN(CC2(N3CCOCC3)CCCCC2)C(=O)[C@H]2CC[C@@H](O)CC2)cc2ccccc21. The van der Waals surface area contributed by atoms with E-state index in [0.717, 1.165) is 62.9 Å². The van der Waals surface area contributed by atoms with E-state index >= 15 is 0 Å². The molecule has 7 nitrogen and oxygen atoms in total. The fraction of sp³-hybridized carbons (Fsp3) is 0.655. The van der Waals surface area contributed by atoms with Crippen molar-refractivity contribution in [2.75, 3.05) is 32.8 Å². The highest BCUT2D eigenvalue weighted by molar-refractivity contribution is 5.81. The molecule has 1 aliphatic heterocycles. The van der Waals surface area contributed by atoms with Crippen LogP contribution in [0.1, 0.15) is 63.4 Å². The first-order valence-electron chi connectivity index (χ1n) is 13.8. The summed E-state index contributed by atoms with van der Waals surface area (Å²) in [6, 6.07) is 9.91. The fourth-order valence-corrected chi connectivity index (χ4v) is 6.78. The van der Waals surface area contributed by atoms with Gasteiger partial charge in [0, 0.05) is 43.7 Å². The zero-order valence-corrected chi connectivity index (χ0v) is 21.7. The van der Waals surface area contributed by atoms with E-state index in [9.17, 15) is 14.7 Å². The Morgan fingerprint density at radius 1 is 1.08 bits per heavy atom. The number of pyridine rings is 1. The van der Waals surface area contributed by atoms with Crippen LogP contribution < -0.4 is 5.56 Å². The second-order valence-corrected chi connectivity index (χ2v) is 11.2. The second kappa shape index (κ2) is 11.0. The Hall–Kier alpha value is -2.22. The van der Waals surface area contributed by atoms with Crippen LogP contribution in [0.25, 0.3) is 10.9 Å². The lowest BCUT2D eigenvalue weighted by Gasteiger charge is -2.50. The van der Waals surface area contributed by atoms with Crippen LogP contribution in [0.2, 0.25) is 0 Å². The highest BCUT2D eigenvalue weighted by Crippen LogP contribution is 2.36. The lowest BCUT2D eigenvalue weighted by Crippen LogP contribution is -2.60. The summed E-state index contributed by atoms with van der Waals surface area (Å²) in [7, 11) is 1.82. The molecule has 1 saturated heterocycles. The van der Waals surface area contributed by atoms with Gasteiger partial charge in [-0.1, -0.05) is 37.5 Å². The molecule has 1 aromatic carbocycles. The number of benzene rings is 1. The van der Waals surface area contributed by atoms with Crippen molar-refractivity contribution in [3.63, 3.8) is 0 Å². The number of aliphatic hydroxyl groups is 1. The van der Waals surface area contributed by atoms with Crippen molar-refractivity contribution in [3.8, 4) is 0 Å². The highest BCUT2D eigenvalue weighted by Gasteiger charge is 2.42. The van der Waals surface area contributed by atoms with Crippen molar-refractivity contribution in [1.29, 1.82) is 0 Å². The molecule has 0 spiro atoms. The standard InChI is InChI=1S/C29H41N3O4/c1-30-26-8-4-3-7-23(26)19-24(27(30)34)20-31(28(35)22-9-11-25(33)12-10-22)21-29(13-5-2-6-14-29)32-15-17-36-18-16-32/h3-4,7-8,19,22,25,33H,2,5-6,9-18,20-21H2,1H3/t22-,25+. The topological polar surface area (TPSA) is 75.0 Å². The Labute approximate surface area is 214 Å². The maximum atomic E-state index is 14.1. The van der Waals surface area contributed by atoms with E-state index in [1.165, 1.54) is 19.3 Å². The molecule has 2 saturated carbocycles. The molecule has 2 heterocycles. The molecule has 0 radical (unpaired) electrons. The van der Waals surface area contributed by atoms with Crippen LogP contribution in [0.3, 0.4) is 0 Å². The number of hydrogen-bond donors (Lipinski definition) is 1. The van der Waals surface area contributed by atoms with Crippen LogP contribution in [0.5, 0.6) is 0 Å². The summed E-state index contributed by atoms with van der Waals surface area (Å²) in [5.74, 6) is 0.0679. The quantitative estimate of drug-likeness (QED) is 0.665. The Balaban J connectivity index is 1.49. The second-order valence-electron chi connectivity index (χ2n) is 11.2. The number of aliphatic hydroxyl groups excluding tert-OH is 1. The lowest BCUT2D eigenvalue weighted by atomic mass is 9.78. The molecule has 0 unspecified atom stereocenters. The monoisotopic (exact) mass is 495 g/mol. The third-order valence-electron chi connectivity index (χ3n) is 8.88. The molecule has 1 N–H and O–H groups in total. The summed E-state index contributed by atoms with van der Waals surface area (Å²) in [6.07, 6.45) is 8.24. The molecule has 196 valence electrons. The third kappa shape index (κ3) is 5.24. The van der Waals surface area contributed by atoms with Crippen LogP contribution in [-0.2, 0) is 23.1 Å². The van der Waals surface area contributed by atoms with E-state index in [-0.39, 0.29) is 29.0 Å². The maximum Gasteiger partial charge on any atom is 0.255 e. The predicted octanol–water partition coefficient (Wildman–Crippen LogP) is 3.45. The van der Waals surface area contributed by atoms with E-state index in [1.807, 2.05) is 42.3 Å². The van der Waals surface area contributed by atoms with Crippen LogP contribution in [-0.4, -0.2) is 69.9 Å². The van der Waals surface area contributed by atoms with Gasteiger partial charge in [-0.3, -0.25) is 14.5 Å². The number of aromatic nitrogens is 1. The van der Waals surface area contributed by atoms with E-state index < -0.39 is 0 Å². The first-order chi connectivity index (χ1) is 17.5. The minimum absolute atomic E-state index is 0.0327. The van der Waals surface area contributed by atoms with E-state index in [1.54, 1.807) is 4.57 Å². The van der Waals surface area contributed by atoms with Gasteiger partial charge < -0.3 is 19.3 Å². The van der Waals surface area contributed by atoms with Gasteiger partial charge in [0.15, 0.2) is 0 Å². The van der Waals surface area contributed by atoms with Gasteiger partial charge in [0.05, 0.1) is 31.4 Å². The Morgan fingerprint density at radius 2 is 1.78 bits per heavy atom. The van der Waals surface area contributed by atoms with Gasteiger partial charge in [-0.2, -0.15) is 0 Å².